The van der Waals surface area contributed by atoms with E-state index in [-0.39, 0.29) is 22.9 Å². The number of hydrogen-bond donors (Lipinski definition) is 0. The minimum Gasteiger partial charge on any atom is -0.497 e. The van der Waals surface area contributed by atoms with Crippen LogP contribution in [-0.2, 0) is 14.3 Å². The second kappa shape index (κ2) is 7.68. The maximum absolute atomic E-state index is 12.2. The molecule has 174 valence electrons. The van der Waals surface area contributed by atoms with Gasteiger partial charge in [-0.2, -0.15) is 0 Å². The van der Waals surface area contributed by atoms with Gasteiger partial charge in [0.2, 0.25) is 0 Å². The summed E-state index contributed by atoms with van der Waals surface area (Å²) in [5.41, 5.74) is 6.14. The molecule has 1 aromatic carbocycles. The van der Waals surface area contributed by atoms with Crippen LogP contribution in [-0.4, -0.2) is 31.7 Å². The molecule has 0 N–H and O–H groups in total. The molecule has 4 heteroatoms. The molecule has 5 aliphatic rings. The molecule has 2 saturated heterocycles. The number of methoxy groups -OCH3 is 1. The number of benzene rings is 1. The molecule has 1 spiro atoms. The molecule has 3 fully saturated rings. The van der Waals surface area contributed by atoms with E-state index in [1.165, 1.54) is 27.9 Å². The summed E-state index contributed by atoms with van der Waals surface area (Å²) in [6.07, 6.45) is 8.48. The van der Waals surface area contributed by atoms with Gasteiger partial charge in [0.05, 0.1) is 25.9 Å². The highest BCUT2D eigenvalue weighted by atomic mass is 16.5. The first-order chi connectivity index (χ1) is 16.0. The van der Waals surface area contributed by atoms with Crippen LogP contribution >= 0.6 is 0 Å². The molecule has 0 radical (unpaired) electrons. The van der Waals surface area contributed by atoms with Crippen LogP contribution in [0.2, 0.25) is 0 Å². The Morgan fingerprint density at radius 1 is 1.09 bits per heavy atom. The normalized spacial score (nSPS) is 38.0. The van der Waals surface area contributed by atoms with Crippen LogP contribution in [0.25, 0.3) is 0 Å². The van der Waals surface area contributed by atoms with Crippen LogP contribution in [0.5, 0.6) is 5.75 Å². The van der Waals surface area contributed by atoms with E-state index in [9.17, 15) is 4.79 Å². The maximum atomic E-state index is 12.2. The van der Waals surface area contributed by atoms with Crippen molar-refractivity contribution < 1.29 is 19.0 Å². The summed E-state index contributed by atoms with van der Waals surface area (Å²) in [4.78, 5) is 12.2. The molecular formula is C29H34O4. The monoisotopic (exact) mass is 446 g/mol. The van der Waals surface area contributed by atoms with Crippen molar-refractivity contribution in [1.29, 1.82) is 0 Å². The predicted octanol–water partition coefficient (Wildman–Crippen LogP) is 5.89. The quantitative estimate of drug-likeness (QED) is 0.531. The van der Waals surface area contributed by atoms with Crippen LogP contribution in [0, 0.1) is 17.3 Å². The third-order valence-electron chi connectivity index (χ3n) is 9.43. The van der Waals surface area contributed by atoms with Gasteiger partial charge in [-0.1, -0.05) is 25.6 Å². The lowest BCUT2D eigenvalue weighted by atomic mass is 9.61. The molecule has 1 aromatic rings. The summed E-state index contributed by atoms with van der Waals surface area (Å²) in [6.45, 7) is 8.32. The zero-order chi connectivity index (χ0) is 22.8. The number of ketones is 1. The Kier molecular flexibility index (Phi) is 4.97. The fraction of sp³-hybridized carbons (Fsp3) is 0.552. The van der Waals surface area contributed by atoms with Crippen molar-refractivity contribution in [2.75, 3.05) is 20.3 Å². The highest BCUT2D eigenvalue weighted by Crippen LogP contribution is 2.65. The summed E-state index contributed by atoms with van der Waals surface area (Å²) in [6, 6.07) is 8.34. The van der Waals surface area contributed by atoms with Gasteiger partial charge in [0.15, 0.2) is 5.78 Å². The number of carbonyl (C=O) groups excluding carboxylic acids is 1. The minimum atomic E-state index is -0.263. The average molecular weight is 447 g/mol. The van der Waals surface area contributed by atoms with E-state index in [2.05, 4.69) is 25.6 Å². The standard InChI is InChI=1S/C29H34O4/c1-18-13-15-33-29(18)14-12-25-24-10-6-20-16-21(30)7-11-23(20)26(24)27(32-17-28(25,29)2)19-4-8-22(31-3)9-5-19/h4-5,8-9,16,24-25,27H,1,6-7,10-15,17H2,2-3H3. The Hall–Kier alpha value is -2.17. The van der Waals surface area contributed by atoms with Gasteiger partial charge < -0.3 is 14.2 Å². The maximum Gasteiger partial charge on any atom is 0.156 e. The van der Waals surface area contributed by atoms with Crippen LogP contribution < -0.4 is 4.74 Å². The highest BCUT2D eigenvalue weighted by molar-refractivity contribution is 5.93. The van der Waals surface area contributed by atoms with Gasteiger partial charge in [0.1, 0.15) is 11.9 Å². The number of allylic oxidation sites excluding steroid dienone is 3. The zero-order valence-electron chi connectivity index (χ0n) is 19.8. The van der Waals surface area contributed by atoms with Crippen LogP contribution in [0.4, 0.5) is 0 Å². The van der Waals surface area contributed by atoms with E-state index in [4.69, 9.17) is 14.2 Å². The van der Waals surface area contributed by atoms with Crippen molar-refractivity contribution in [3.05, 3.63) is 64.8 Å². The molecule has 3 aliphatic carbocycles. The van der Waals surface area contributed by atoms with Gasteiger partial charge >= 0.3 is 0 Å². The largest absolute Gasteiger partial charge is 0.497 e. The lowest BCUT2D eigenvalue weighted by Crippen LogP contribution is -2.49. The smallest absolute Gasteiger partial charge is 0.156 e. The molecule has 4 nitrogen and oxygen atoms in total. The fourth-order valence-electron chi connectivity index (χ4n) is 7.78. The second-order valence-electron chi connectivity index (χ2n) is 10.8. The van der Waals surface area contributed by atoms with Crippen molar-refractivity contribution in [2.45, 2.75) is 63.6 Å². The molecular weight excluding hydrogens is 412 g/mol. The first-order valence-electron chi connectivity index (χ1n) is 12.5. The van der Waals surface area contributed by atoms with Gasteiger partial charge in [-0.15, -0.1) is 0 Å². The summed E-state index contributed by atoms with van der Waals surface area (Å²) in [5.74, 6) is 2.06. The van der Waals surface area contributed by atoms with Crippen molar-refractivity contribution >= 4 is 5.78 Å². The zero-order valence-corrected chi connectivity index (χ0v) is 19.8. The van der Waals surface area contributed by atoms with Gasteiger partial charge in [0, 0.05) is 11.8 Å². The number of carbonyl (C=O) groups is 1. The minimum absolute atomic E-state index is 0.0933. The van der Waals surface area contributed by atoms with Crippen molar-refractivity contribution in [2.24, 2.45) is 17.3 Å². The number of rotatable bonds is 2. The molecule has 1 saturated carbocycles. The Morgan fingerprint density at radius 3 is 2.64 bits per heavy atom. The first kappa shape index (κ1) is 21.4. The van der Waals surface area contributed by atoms with E-state index >= 15 is 0 Å². The summed E-state index contributed by atoms with van der Waals surface area (Å²) < 4.78 is 18.9. The highest BCUT2D eigenvalue weighted by Gasteiger charge is 2.64. The summed E-state index contributed by atoms with van der Waals surface area (Å²) >= 11 is 0. The van der Waals surface area contributed by atoms with Crippen molar-refractivity contribution in [3.63, 3.8) is 0 Å². The van der Waals surface area contributed by atoms with Gasteiger partial charge in [-0.3, -0.25) is 4.79 Å². The Balaban J connectivity index is 1.51. The van der Waals surface area contributed by atoms with E-state index in [0.29, 0.717) is 24.9 Å². The molecule has 2 aliphatic heterocycles. The molecule has 5 atom stereocenters. The van der Waals surface area contributed by atoms with E-state index in [1.54, 1.807) is 7.11 Å². The van der Waals surface area contributed by atoms with E-state index in [1.807, 2.05) is 18.2 Å². The molecule has 2 heterocycles. The van der Waals surface area contributed by atoms with Crippen molar-refractivity contribution in [1.82, 2.24) is 0 Å². The summed E-state index contributed by atoms with van der Waals surface area (Å²) in [7, 11) is 1.70. The van der Waals surface area contributed by atoms with E-state index in [0.717, 1.165) is 50.9 Å². The third-order valence-corrected chi connectivity index (χ3v) is 9.43. The Morgan fingerprint density at radius 2 is 1.91 bits per heavy atom. The van der Waals surface area contributed by atoms with Gasteiger partial charge in [0.25, 0.3) is 0 Å². The van der Waals surface area contributed by atoms with Crippen LogP contribution in [0.15, 0.2) is 59.2 Å². The van der Waals surface area contributed by atoms with Gasteiger partial charge in [-0.25, -0.2) is 0 Å². The fourth-order valence-corrected chi connectivity index (χ4v) is 7.78. The van der Waals surface area contributed by atoms with Gasteiger partial charge in [-0.05, 0) is 96.4 Å². The molecule has 0 aromatic heterocycles. The molecule has 33 heavy (non-hydrogen) atoms. The van der Waals surface area contributed by atoms with E-state index < -0.39 is 0 Å². The molecule has 0 amide bonds. The SMILES string of the molecule is C=C1CCOC12CCC1C3CCC4=CC(=O)CCC4=C3C(c3ccc(OC)cc3)OCC12C. The number of fused-ring (bicyclic) bond motifs is 5. The lowest BCUT2D eigenvalue weighted by Gasteiger charge is -2.45. The predicted molar refractivity (Wildman–Crippen MR) is 127 cm³/mol. The van der Waals surface area contributed by atoms with Crippen LogP contribution in [0.1, 0.15) is 63.5 Å². The molecule has 5 unspecified atom stereocenters. The first-order valence-corrected chi connectivity index (χ1v) is 12.5. The average Bonchev–Trinajstić information content (AvgIpc) is 3.30. The van der Waals surface area contributed by atoms with Crippen LogP contribution in [0.3, 0.4) is 0 Å². The molecule has 0 bridgehead atoms. The summed E-state index contributed by atoms with van der Waals surface area (Å²) in [5, 5.41) is 0. The molecule has 6 rings (SSSR count). The number of hydrogen-bond acceptors (Lipinski definition) is 4. The Bertz CT molecular complexity index is 1060. The Labute approximate surface area is 196 Å². The second-order valence-corrected chi connectivity index (χ2v) is 10.8. The number of ether oxygens (including phenoxy) is 3. The lowest BCUT2D eigenvalue weighted by molar-refractivity contribution is -0.114. The topological polar surface area (TPSA) is 44.8 Å². The van der Waals surface area contributed by atoms with Crippen molar-refractivity contribution in [3.8, 4) is 5.75 Å². The third kappa shape index (κ3) is 2.99.